The lowest BCUT2D eigenvalue weighted by molar-refractivity contribution is 0.153. The van der Waals surface area contributed by atoms with Crippen molar-refractivity contribution in [3.8, 4) is 0 Å². The van der Waals surface area contributed by atoms with Gasteiger partial charge < -0.3 is 5.11 Å². The monoisotopic (exact) mass is 243 g/mol. The van der Waals surface area contributed by atoms with Crippen LogP contribution in [0.25, 0.3) is 0 Å². The SMILES string of the molecule is CCCSCc1nc2c(s1)CCCC2O. The van der Waals surface area contributed by atoms with Crippen LogP contribution in [0.4, 0.5) is 0 Å². The first-order chi connectivity index (χ1) is 7.31. The maximum atomic E-state index is 9.78. The first-order valence-electron chi connectivity index (χ1n) is 5.55. The minimum absolute atomic E-state index is 0.296. The van der Waals surface area contributed by atoms with Crippen LogP contribution in [0.5, 0.6) is 0 Å². The summed E-state index contributed by atoms with van der Waals surface area (Å²) in [5, 5.41) is 11.0. The maximum absolute atomic E-state index is 9.78. The lowest BCUT2D eigenvalue weighted by atomic mass is 10.0. The van der Waals surface area contributed by atoms with Gasteiger partial charge in [-0.25, -0.2) is 4.98 Å². The number of rotatable bonds is 4. The Morgan fingerprint density at radius 3 is 3.20 bits per heavy atom. The molecule has 0 bridgehead atoms. The predicted octanol–water partition coefficient (Wildman–Crippen LogP) is 3.16. The molecule has 0 saturated carbocycles. The van der Waals surface area contributed by atoms with Gasteiger partial charge in [0.2, 0.25) is 0 Å². The number of fused-ring (bicyclic) bond motifs is 1. The second kappa shape index (κ2) is 5.32. The molecule has 1 aliphatic rings. The normalized spacial score (nSPS) is 20.3. The van der Waals surface area contributed by atoms with E-state index in [1.54, 1.807) is 11.3 Å². The molecule has 4 heteroatoms. The van der Waals surface area contributed by atoms with Crippen molar-refractivity contribution in [1.29, 1.82) is 0 Å². The van der Waals surface area contributed by atoms with E-state index in [4.69, 9.17) is 0 Å². The van der Waals surface area contributed by atoms with Crippen molar-refractivity contribution in [3.63, 3.8) is 0 Å². The molecule has 1 atom stereocenters. The van der Waals surface area contributed by atoms with Crippen molar-refractivity contribution in [2.24, 2.45) is 0 Å². The molecule has 1 aliphatic carbocycles. The largest absolute Gasteiger partial charge is 0.387 e. The molecule has 84 valence electrons. The maximum Gasteiger partial charge on any atom is 0.103 e. The van der Waals surface area contributed by atoms with Gasteiger partial charge in [-0.1, -0.05) is 6.92 Å². The molecule has 1 aromatic rings. The molecule has 1 unspecified atom stereocenters. The van der Waals surface area contributed by atoms with E-state index in [1.165, 1.54) is 22.1 Å². The zero-order chi connectivity index (χ0) is 10.7. The van der Waals surface area contributed by atoms with E-state index in [0.717, 1.165) is 30.7 Å². The molecule has 0 aliphatic heterocycles. The van der Waals surface area contributed by atoms with Crippen LogP contribution in [0.15, 0.2) is 0 Å². The van der Waals surface area contributed by atoms with Crippen LogP contribution < -0.4 is 0 Å². The molecule has 2 nitrogen and oxygen atoms in total. The Morgan fingerprint density at radius 2 is 2.47 bits per heavy atom. The van der Waals surface area contributed by atoms with Gasteiger partial charge in [0.25, 0.3) is 0 Å². The van der Waals surface area contributed by atoms with Crippen LogP contribution in [0, 0.1) is 0 Å². The number of hydrogen-bond donors (Lipinski definition) is 1. The Bertz CT molecular complexity index is 324. The van der Waals surface area contributed by atoms with Gasteiger partial charge in [0, 0.05) is 10.6 Å². The van der Waals surface area contributed by atoms with Crippen molar-refractivity contribution in [3.05, 3.63) is 15.6 Å². The zero-order valence-electron chi connectivity index (χ0n) is 9.03. The number of thiazole rings is 1. The van der Waals surface area contributed by atoms with Crippen molar-refractivity contribution >= 4 is 23.1 Å². The molecule has 0 saturated heterocycles. The van der Waals surface area contributed by atoms with Crippen LogP contribution in [-0.2, 0) is 12.2 Å². The Hall–Kier alpha value is -0.0600. The summed E-state index contributed by atoms with van der Waals surface area (Å²) in [6.07, 6.45) is 4.03. The minimum atomic E-state index is -0.296. The van der Waals surface area contributed by atoms with Crippen LogP contribution >= 0.6 is 23.1 Å². The number of thioether (sulfide) groups is 1. The summed E-state index contributed by atoms with van der Waals surface area (Å²) >= 11 is 3.73. The van der Waals surface area contributed by atoms with E-state index >= 15 is 0 Å². The number of aliphatic hydroxyl groups excluding tert-OH is 1. The summed E-state index contributed by atoms with van der Waals surface area (Å²) in [5.74, 6) is 2.21. The average Bonchev–Trinajstić information content (AvgIpc) is 2.63. The van der Waals surface area contributed by atoms with E-state index in [2.05, 4.69) is 11.9 Å². The van der Waals surface area contributed by atoms with E-state index in [-0.39, 0.29) is 6.10 Å². The first-order valence-corrected chi connectivity index (χ1v) is 7.52. The van der Waals surface area contributed by atoms with Gasteiger partial charge in [0.05, 0.1) is 11.8 Å². The Labute approximate surface area is 99.1 Å². The van der Waals surface area contributed by atoms with Crippen molar-refractivity contribution in [2.45, 2.75) is 44.5 Å². The van der Waals surface area contributed by atoms with Gasteiger partial charge in [-0.05, 0) is 31.4 Å². The third-order valence-electron chi connectivity index (χ3n) is 2.54. The number of nitrogens with zero attached hydrogens (tertiary/aromatic N) is 1. The molecule has 1 aromatic heterocycles. The lowest BCUT2D eigenvalue weighted by Crippen LogP contribution is -2.07. The van der Waals surface area contributed by atoms with E-state index in [9.17, 15) is 5.11 Å². The Morgan fingerprint density at radius 1 is 1.60 bits per heavy atom. The Balaban J connectivity index is 2.01. The molecule has 2 rings (SSSR count). The van der Waals surface area contributed by atoms with Gasteiger partial charge in [0.15, 0.2) is 0 Å². The molecular weight excluding hydrogens is 226 g/mol. The van der Waals surface area contributed by atoms with E-state index < -0.39 is 0 Å². The fraction of sp³-hybridized carbons (Fsp3) is 0.727. The molecule has 1 heterocycles. The molecule has 0 radical (unpaired) electrons. The fourth-order valence-corrected chi connectivity index (χ4v) is 3.93. The quantitative estimate of drug-likeness (QED) is 0.825. The summed E-state index contributed by atoms with van der Waals surface area (Å²) in [6.45, 7) is 2.20. The van der Waals surface area contributed by atoms with E-state index in [0.29, 0.717) is 0 Å². The fourth-order valence-electron chi connectivity index (χ4n) is 1.81. The summed E-state index contributed by atoms with van der Waals surface area (Å²) in [7, 11) is 0. The van der Waals surface area contributed by atoms with Crippen molar-refractivity contribution < 1.29 is 5.11 Å². The standard InChI is InChI=1S/C11H17NOS2/c1-2-6-14-7-10-12-11-8(13)4-3-5-9(11)15-10/h8,13H,2-7H2,1H3. The van der Waals surface area contributed by atoms with Crippen molar-refractivity contribution in [2.75, 3.05) is 5.75 Å². The number of hydrogen-bond acceptors (Lipinski definition) is 4. The highest BCUT2D eigenvalue weighted by Gasteiger charge is 2.22. The highest BCUT2D eigenvalue weighted by molar-refractivity contribution is 7.98. The first kappa shape index (κ1) is 11.4. The summed E-state index contributed by atoms with van der Waals surface area (Å²) in [6, 6.07) is 0. The summed E-state index contributed by atoms with van der Waals surface area (Å²) < 4.78 is 0. The van der Waals surface area contributed by atoms with Crippen LogP contribution in [0.3, 0.4) is 0 Å². The second-order valence-electron chi connectivity index (χ2n) is 3.88. The lowest BCUT2D eigenvalue weighted by Gasteiger charge is -2.14. The van der Waals surface area contributed by atoms with Crippen molar-refractivity contribution in [1.82, 2.24) is 4.98 Å². The topological polar surface area (TPSA) is 33.1 Å². The third-order valence-corrected chi connectivity index (χ3v) is 5.03. The molecule has 0 fully saturated rings. The molecule has 0 spiro atoms. The molecule has 0 aromatic carbocycles. The second-order valence-corrected chi connectivity index (χ2v) is 6.15. The average molecular weight is 243 g/mol. The smallest absolute Gasteiger partial charge is 0.103 e. The minimum Gasteiger partial charge on any atom is -0.387 e. The molecule has 0 amide bonds. The highest BCUT2D eigenvalue weighted by atomic mass is 32.2. The van der Waals surface area contributed by atoms with Gasteiger partial charge in [-0.2, -0.15) is 11.8 Å². The molecular formula is C11H17NOS2. The molecule has 1 N–H and O–H groups in total. The van der Waals surface area contributed by atoms with Gasteiger partial charge >= 0.3 is 0 Å². The highest BCUT2D eigenvalue weighted by Crippen LogP contribution is 2.34. The predicted molar refractivity (Wildman–Crippen MR) is 66.5 cm³/mol. The third kappa shape index (κ3) is 2.74. The van der Waals surface area contributed by atoms with Crippen LogP contribution in [-0.4, -0.2) is 15.8 Å². The summed E-state index contributed by atoms with van der Waals surface area (Å²) in [5.41, 5.74) is 0.971. The number of aryl methyl sites for hydroxylation is 1. The number of aromatic nitrogens is 1. The summed E-state index contributed by atoms with van der Waals surface area (Å²) in [4.78, 5) is 5.87. The van der Waals surface area contributed by atoms with Gasteiger partial charge in [-0.3, -0.25) is 0 Å². The van der Waals surface area contributed by atoms with Gasteiger partial charge in [-0.15, -0.1) is 11.3 Å². The van der Waals surface area contributed by atoms with E-state index in [1.807, 2.05) is 11.8 Å². The van der Waals surface area contributed by atoms with Crippen LogP contribution in [0.2, 0.25) is 0 Å². The molecule has 15 heavy (non-hydrogen) atoms. The Kier molecular flexibility index (Phi) is 4.05. The van der Waals surface area contributed by atoms with Crippen LogP contribution in [0.1, 0.15) is 47.9 Å². The number of aliphatic hydroxyl groups is 1. The van der Waals surface area contributed by atoms with Gasteiger partial charge in [0.1, 0.15) is 5.01 Å². The zero-order valence-corrected chi connectivity index (χ0v) is 10.7.